The lowest BCUT2D eigenvalue weighted by molar-refractivity contribution is -0.139. The number of carbonyl (C=O) groups is 2. The van der Waals surface area contributed by atoms with E-state index in [1.54, 1.807) is 0 Å². The molecule has 3 rings (SSSR count). The first-order valence-electron chi connectivity index (χ1n) is 10.1. The highest BCUT2D eigenvalue weighted by Crippen LogP contribution is 2.34. The van der Waals surface area contributed by atoms with Gasteiger partial charge in [-0.3, -0.25) is 9.59 Å². The SMILES string of the molecule is NC(Cc1ccccc1C(F)(F)F)C(=O)N1CCN(C(=O)c2cc(F)ccc2C(F)(F)F)CC1. The number of halogens is 7. The smallest absolute Gasteiger partial charge is 0.338 e. The number of piperazine rings is 1. The maximum Gasteiger partial charge on any atom is 0.417 e. The summed E-state index contributed by atoms with van der Waals surface area (Å²) in [5.74, 6) is -2.69. The summed E-state index contributed by atoms with van der Waals surface area (Å²) in [6.45, 7) is -0.472. The molecule has 0 saturated carbocycles. The van der Waals surface area contributed by atoms with Gasteiger partial charge < -0.3 is 15.5 Å². The van der Waals surface area contributed by atoms with Crippen LogP contribution >= 0.6 is 0 Å². The zero-order valence-corrected chi connectivity index (χ0v) is 17.6. The van der Waals surface area contributed by atoms with Crippen molar-refractivity contribution in [3.8, 4) is 0 Å². The van der Waals surface area contributed by atoms with Gasteiger partial charge in [-0.15, -0.1) is 0 Å². The molecule has 2 amide bonds. The van der Waals surface area contributed by atoms with E-state index in [-0.39, 0.29) is 38.2 Å². The van der Waals surface area contributed by atoms with Gasteiger partial charge in [0.25, 0.3) is 5.91 Å². The first-order valence-corrected chi connectivity index (χ1v) is 10.1. The number of rotatable bonds is 4. The Labute approximate surface area is 189 Å². The van der Waals surface area contributed by atoms with E-state index in [0.717, 1.165) is 11.0 Å². The Hall–Kier alpha value is -3.15. The van der Waals surface area contributed by atoms with Gasteiger partial charge in [-0.05, 0) is 36.2 Å². The second-order valence-electron chi connectivity index (χ2n) is 7.77. The fourth-order valence-corrected chi connectivity index (χ4v) is 3.77. The van der Waals surface area contributed by atoms with Gasteiger partial charge in [-0.25, -0.2) is 4.39 Å². The van der Waals surface area contributed by atoms with Crippen molar-refractivity contribution in [2.75, 3.05) is 26.2 Å². The molecule has 1 unspecified atom stereocenters. The van der Waals surface area contributed by atoms with E-state index in [0.29, 0.717) is 18.2 Å². The van der Waals surface area contributed by atoms with Gasteiger partial charge in [0, 0.05) is 26.2 Å². The van der Waals surface area contributed by atoms with Crippen LogP contribution in [-0.2, 0) is 23.6 Å². The van der Waals surface area contributed by atoms with Gasteiger partial charge in [0.05, 0.1) is 22.7 Å². The number of alkyl halides is 6. The van der Waals surface area contributed by atoms with Crippen LogP contribution in [0.25, 0.3) is 0 Å². The summed E-state index contributed by atoms with van der Waals surface area (Å²) < 4.78 is 92.7. The highest BCUT2D eigenvalue weighted by molar-refractivity contribution is 5.96. The van der Waals surface area contributed by atoms with Crippen LogP contribution in [0.3, 0.4) is 0 Å². The van der Waals surface area contributed by atoms with Gasteiger partial charge in [-0.2, -0.15) is 26.3 Å². The topological polar surface area (TPSA) is 66.6 Å². The lowest BCUT2D eigenvalue weighted by atomic mass is 9.99. The first-order chi connectivity index (χ1) is 15.8. The first kappa shape index (κ1) is 25.5. The molecule has 1 aliphatic heterocycles. The van der Waals surface area contributed by atoms with Crippen molar-refractivity contribution >= 4 is 11.8 Å². The van der Waals surface area contributed by atoms with E-state index in [1.165, 1.54) is 23.1 Å². The fourth-order valence-electron chi connectivity index (χ4n) is 3.77. The summed E-state index contributed by atoms with van der Waals surface area (Å²) >= 11 is 0. The van der Waals surface area contributed by atoms with E-state index >= 15 is 0 Å². The van der Waals surface area contributed by atoms with Gasteiger partial charge >= 0.3 is 12.4 Å². The summed E-state index contributed by atoms with van der Waals surface area (Å²) in [6, 6.07) is 5.05. The molecule has 0 aromatic heterocycles. The van der Waals surface area contributed by atoms with Gasteiger partial charge in [0.2, 0.25) is 5.91 Å². The average molecular weight is 491 g/mol. The number of hydrogen-bond donors (Lipinski definition) is 1. The minimum absolute atomic E-state index is 0.0874. The van der Waals surface area contributed by atoms with Gasteiger partial charge in [-0.1, -0.05) is 18.2 Å². The van der Waals surface area contributed by atoms with Crippen molar-refractivity contribution in [1.29, 1.82) is 0 Å². The van der Waals surface area contributed by atoms with Gasteiger partial charge in [0.15, 0.2) is 0 Å². The third-order valence-corrected chi connectivity index (χ3v) is 5.48. The molecule has 2 aromatic carbocycles. The zero-order valence-electron chi connectivity index (χ0n) is 17.6. The Morgan fingerprint density at radius 2 is 1.41 bits per heavy atom. The van der Waals surface area contributed by atoms with E-state index < -0.39 is 52.7 Å². The zero-order chi connectivity index (χ0) is 25.3. The fraction of sp³-hybridized carbons (Fsp3) is 0.364. The van der Waals surface area contributed by atoms with Crippen LogP contribution in [0.15, 0.2) is 42.5 Å². The summed E-state index contributed by atoms with van der Waals surface area (Å²) in [5.41, 5.74) is 2.70. The van der Waals surface area contributed by atoms with E-state index in [4.69, 9.17) is 5.73 Å². The molecule has 0 aliphatic carbocycles. The Morgan fingerprint density at radius 3 is 2.00 bits per heavy atom. The number of nitrogens with zero attached hydrogens (tertiary/aromatic N) is 2. The molecule has 184 valence electrons. The predicted octanol–water partition coefficient (Wildman–Crippen LogP) is 3.72. The monoisotopic (exact) mass is 491 g/mol. The molecule has 5 nitrogen and oxygen atoms in total. The van der Waals surface area contributed by atoms with E-state index in [9.17, 15) is 40.3 Å². The molecule has 0 bridgehead atoms. The molecule has 2 N–H and O–H groups in total. The van der Waals surface area contributed by atoms with Gasteiger partial charge in [0.1, 0.15) is 5.82 Å². The van der Waals surface area contributed by atoms with Crippen LogP contribution in [0.1, 0.15) is 27.0 Å². The molecular formula is C22H20F7N3O2. The lowest BCUT2D eigenvalue weighted by Gasteiger charge is -2.36. The molecule has 1 saturated heterocycles. The van der Waals surface area contributed by atoms with Crippen LogP contribution in [-0.4, -0.2) is 53.8 Å². The second kappa shape index (κ2) is 9.61. The molecule has 2 aromatic rings. The largest absolute Gasteiger partial charge is 0.417 e. The maximum absolute atomic E-state index is 13.5. The van der Waals surface area contributed by atoms with Crippen LogP contribution in [0.4, 0.5) is 30.7 Å². The Bertz CT molecular complexity index is 1060. The standard InChI is InChI=1S/C22H20F7N3O2/c23-14-5-6-17(22(27,28)29)15(12-14)19(33)31-7-9-32(10-8-31)20(34)18(30)11-13-3-1-2-4-16(13)21(24,25)26/h1-6,12,18H,7-11,30H2. The van der Waals surface area contributed by atoms with E-state index in [1.807, 2.05) is 0 Å². The predicted molar refractivity (Wildman–Crippen MR) is 107 cm³/mol. The van der Waals surface area contributed by atoms with Crippen LogP contribution in [0.5, 0.6) is 0 Å². The quantitative estimate of drug-likeness (QED) is 0.664. The van der Waals surface area contributed by atoms with Crippen molar-refractivity contribution < 1.29 is 40.3 Å². The number of hydrogen-bond acceptors (Lipinski definition) is 3. The van der Waals surface area contributed by atoms with Crippen LogP contribution in [0, 0.1) is 5.82 Å². The van der Waals surface area contributed by atoms with Crippen molar-refractivity contribution in [2.45, 2.75) is 24.8 Å². The lowest BCUT2D eigenvalue weighted by Crippen LogP contribution is -2.54. The molecule has 1 aliphatic rings. The molecule has 12 heteroatoms. The van der Waals surface area contributed by atoms with Crippen molar-refractivity contribution in [3.63, 3.8) is 0 Å². The summed E-state index contributed by atoms with van der Waals surface area (Å²) in [5, 5.41) is 0. The van der Waals surface area contributed by atoms with Crippen LogP contribution < -0.4 is 5.73 Å². The van der Waals surface area contributed by atoms with Crippen LogP contribution in [0.2, 0.25) is 0 Å². The third kappa shape index (κ3) is 5.66. The molecule has 34 heavy (non-hydrogen) atoms. The molecule has 1 fully saturated rings. The molecule has 0 radical (unpaired) electrons. The normalized spacial score (nSPS) is 15.9. The minimum atomic E-state index is -4.87. The highest BCUT2D eigenvalue weighted by atomic mass is 19.4. The Balaban J connectivity index is 1.66. The minimum Gasteiger partial charge on any atom is -0.338 e. The van der Waals surface area contributed by atoms with Crippen molar-refractivity contribution in [2.24, 2.45) is 5.73 Å². The Morgan fingerprint density at radius 1 is 0.853 bits per heavy atom. The number of amides is 2. The highest BCUT2D eigenvalue weighted by Gasteiger charge is 2.38. The number of carbonyl (C=O) groups excluding carboxylic acids is 2. The summed E-state index contributed by atoms with van der Waals surface area (Å²) in [7, 11) is 0. The average Bonchev–Trinajstić information content (AvgIpc) is 2.77. The van der Waals surface area contributed by atoms with E-state index in [2.05, 4.69) is 0 Å². The third-order valence-electron chi connectivity index (χ3n) is 5.48. The molecule has 0 spiro atoms. The number of nitrogens with two attached hydrogens (primary N) is 1. The maximum atomic E-state index is 13.5. The molecule has 1 heterocycles. The van der Waals surface area contributed by atoms with Crippen molar-refractivity contribution in [3.05, 3.63) is 70.5 Å². The van der Waals surface area contributed by atoms with Crippen molar-refractivity contribution in [1.82, 2.24) is 9.80 Å². The molecule has 1 atom stereocenters. The second-order valence-corrected chi connectivity index (χ2v) is 7.77. The summed E-state index contributed by atoms with van der Waals surface area (Å²) in [4.78, 5) is 27.6. The number of benzene rings is 2. The Kier molecular flexibility index (Phi) is 7.20. The molecular weight excluding hydrogens is 471 g/mol. The summed E-state index contributed by atoms with van der Waals surface area (Å²) in [6.07, 6.45) is -9.85.